The molecule has 0 N–H and O–H groups in total. The summed E-state index contributed by atoms with van der Waals surface area (Å²) in [7, 11) is 1.99. The third-order valence-electron chi connectivity index (χ3n) is 5.07. The highest BCUT2D eigenvalue weighted by molar-refractivity contribution is 7.10. The molecule has 3 rings (SSSR count). The van der Waals surface area contributed by atoms with Gasteiger partial charge in [0.1, 0.15) is 0 Å². The molecule has 0 saturated carbocycles. The number of hydrogen-bond acceptors (Lipinski definition) is 4. The summed E-state index contributed by atoms with van der Waals surface area (Å²) in [5, 5.41) is 2.00. The summed E-state index contributed by atoms with van der Waals surface area (Å²) in [6.07, 6.45) is 0.485. The molecule has 1 fully saturated rings. The topological polar surface area (TPSA) is 45.6 Å². The van der Waals surface area contributed by atoms with Crippen LogP contribution in [-0.4, -0.2) is 58.8 Å². The first kappa shape index (κ1) is 17.9. The Morgan fingerprint density at radius 1 is 1.16 bits per heavy atom. The summed E-state index contributed by atoms with van der Waals surface area (Å²) in [5.41, 5.74) is 2.94. The fourth-order valence-electron chi connectivity index (χ4n) is 3.26. The molecule has 1 saturated heterocycles. The van der Waals surface area contributed by atoms with Gasteiger partial charge in [-0.3, -0.25) is 14.5 Å². The quantitative estimate of drug-likeness (QED) is 0.770. The van der Waals surface area contributed by atoms with E-state index in [0.717, 1.165) is 34.9 Å². The van der Waals surface area contributed by atoms with Crippen LogP contribution in [0.25, 0.3) is 0 Å². The van der Waals surface area contributed by atoms with E-state index in [1.807, 2.05) is 49.4 Å². The Kier molecular flexibility index (Phi) is 5.39. The predicted octanol–water partition coefficient (Wildman–Crippen LogP) is 2.27. The van der Waals surface area contributed by atoms with E-state index in [1.165, 1.54) is 0 Å². The van der Waals surface area contributed by atoms with Crippen LogP contribution in [-0.2, 0) is 18.3 Å². The maximum Gasteiger partial charge on any atom is 0.227 e. The minimum atomic E-state index is 0.166. The number of hydrogen-bond donors (Lipinski definition) is 0. The van der Waals surface area contributed by atoms with Crippen LogP contribution in [0.2, 0.25) is 0 Å². The summed E-state index contributed by atoms with van der Waals surface area (Å²) in [6, 6.07) is 5.95. The fraction of sp³-hybridized carbons (Fsp3) is 0.474. The molecule has 1 amide bonds. The Hall–Kier alpha value is -1.92. The average Bonchev–Trinajstić information content (AvgIpc) is 3.19. The van der Waals surface area contributed by atoms with Gasteiger partial charge in [0, 0.05) is 55.1 Å². The lowest BCUT2D eigenvalue weighted by molar-refractivity contribution is -0.132. The van der Waals surface area contributed by atoms with Gasteiger partial charge in [0.05, 0.1) is 13.0 Å². The number of piperazine rings is 1. The van der Waals surface area contributed by atoms with E-state index in [9.17, 15) is 9.59 Å². The van der Waals surface area contributed by atoms with E-state index in [0.29, 0.717) is 26.1 Å². The van der Waals surface area contributed by atoms with Crippen molar-refractivity contribution in [2.24, 2.45) is 7.05 Å². The molecule has 3 heterocycles. The van der Waals surface area contributed by atoms with Gasteiger partial charge in [-0.1, -0.05) is 6.07 Å². The normalized spacial score (nSPS) is 15.6. The Balaban J connectivity index is 1.51. The summed E-state index contributed by atoms with van der Waals surface area (Å²) >= 11 is 1.62. The third kappa shape index (κ3) is 4.02. The number of thiophene rings is 1. The van der Waals surface area contributed by atoms with Gasteiger partial charge in [-0.25, -0.2) is 0 Å². The number of aromatic nitrogens is 1. The van der Waals surface area contributed by atoms with E-state index in [1.54, 1.807) is 11.3 Å². The number of nitrogens with zero attached hydrogens (tertiary/aromatic N) is 3. The molecule has 0 radical (unpaired) electrons. The van der Waals surface area contributed by atoms with Crippen LogP contribution in [0.15, 0.2) is 23.6 Å². The van der Waals surface area contributed by atoms with Crippen LogP contribution in [0.4, 0.5) is 0 Å². The van der Waals surface area contributed by atoms with Gasteiger partial charge in [0.2, 0.25) is 5.91 Å². The molecule has 1 aliphatic rings. The Morgan fingerprint density at radius 3 is 2.44 bits per heavy atom. The van der Waals surface area contributed by atoms with Gasteiger partial charge >= 0.3 is 0 Å². The number of carbonyl (C=O) groups excluding carboxylic acids is 2. The highest BCUT2D eigenvalue weighted by atomic mass is 32.1. The Labute approximate surface area is 152 Å². The maximum absolute atomic E-state index is 12.6. The second-order valence-electron chi connectivity index (χ2n) is 6.68. The van der Waals surface area contributed by atoms with E-state index >= 15 is 0 Å². The van der Waals surface area contributed by atoms with E-state index in [-0.39, 0.29) is 11.7 Å². The summed E-state index contributed by atoms with van der Waals surface area (Å²) in [5.74, 6) is 0.350. The van der Waals surface area contributed by atoms with Crippen LogP contribution < -0.4 is 0 Å². The molecule has 5 nitrogen and oxygen atoms in total. The molecule has 2 aromatic heterocycles. The number of rotatable bonds is 5. The first-order valence-corrected chi connectivity index (χ1v) is 9.52. The largest absolute Gasteiger partial charge is 0.351 e. The van der Waals surface area contributed by atoms with Crippen LogP contribution in [0.3, 0.4) is 0 Å². The molecule has 0 unspecified atom stereocenters. The van der Waals surface area contributed by atoms with E-state index in [4.69, 9.17) is 0 Å². The zero-order valence-electron chi connectivity index (χ0n) is 15.1. The van der Waals surface area contributed by atoms with Crippen molar-refractivity contribution in [3.63, 3.8) is 0 Å². The first-order valence-electron chi connectivity index (χ1n) is 8.64. The lowest BCUT2D eigenvalue weighted by Gasteiger charge is -2.34. The summed E-state index contributed by atoms with van der Waals surface area (Å²) < 4.78 is 2.05. The second kappa shape index (κ2) is 7.54. The highest BCUT2D eigenvalue weighted by Gasteiger charge is 2.24. The molecule has 134 valence electrons. The molecule has 2 aromatic rings. The number of carbonyl (C=O) groups is 2. The van der Waals surface area contributed by atoms with Crippen molar-refractivity contribution in [1.29, 1.82) is 0 Å². The van der Waals surface area contributed by atoms with Gasteiger partial charge in [0.15, 0.2) is 5.78 Å². The summed E-state index contributed by atoms with van der Waals surface area (Å²) in [4.78, 5) is 30.1. The van der Waals surface area contributed by atoms with Crippen molar-refractivity contribution in [1.82, 2.24) is 14.4 Å². The number of amides is 1. The van der Waals surface area contributed by atoms with Crippen molar-refractivity contribution >= 4 is 23.0 Å². The Morgan fingerprint density at radius 2 is 1.88 bits per heavy atom. The van der Waals surface area contributed by atoms with Crippen molar-refractivity contribution < 1.29 is 9.59 Å². The zero-order chi connectivity index (χ0) is 18.0. The fourth-order valence-corrected chi connectivity index (χ4v) is 3.95. The average molecular weight is 359 g/mol. The minimum Gasteiger partial charge on any atom is -0.351 e. The lowest BCUT2D eigenvalue weighted by atomic mass is 10.1. The zero-order valence-corrected chi connectivity index (χ0v) is 15.9. The molecule has 1 aliphatic heterocycles. The van der Waals surface area contributed by atoms with E-state index in [2.05, 4.69) is 9.47 Å². The van der Waals surface area contributed by atoms with Gasteiger partial charge in [-0.2, -0.15) is 0 Å². The first-order chi connectivity index (χ1) is 12.0. The molecule has 25 heavy (non-hydrogen) atoms. The monoisotopic (exact) mass is 359 g/mol. The van der Waals surface area contributed by atoms with Gasteiger partial charge in [0.25, 0.3) is 0 Å². The molecule has 6 heteroatoms. The van der Waals surface area contributed by atoms with E-state index < -0.39 is 0 Å². The summed E-state index contributed by atoms with van der Waals surface area (Å²) in [6.45, 7) is 7.34. The van der Waals surface area contributed by atoms with Gasteiger partial charge < -0.3 is 9.47 Å². The second-order valence-corrected chi connectivity index (χ2v) is 7.71. The van der Waals surface area contributed by atoms with Crippen molar-refractivity contribution in [3.8, 4) is 0 Å². The highest BCUT2D eigenvalue weighted by Crippen LogP contribution is 2.16. The molecule has 0 aliphatic carbocycles. The molecular formula is C19H25N3O2S. The molecule has 0 bridgehead atoms. The van der Waals surface area contributed by atoms with Crippen LogP contribution in [0, 0.1) is 13.8 Å². The number of aryl methyl sites for hydroxylation is 1. The van der Waals surface area contributed by atoms with Crippen LogP contribution >= 0.6 is 11.3 Å². The standard InChI is InChI=1S/C19H25N3O2S/c1-14-11-17(15(2)20(14)3)18(23)13-21-6-8-22(9-7-21)19(24)12-16-5-4-10-25-16/h4-5,10-11H,6-9,12-13H2,1-3H3. The Bertz CT molecular complexity index is 756. The van der Waals surface area contributed by atoms with Gasteiger partial charge in [-0.05, 0) is 31.4 Å². The number of Topliss-reactive ketones (excluding diaryl/α,β-unsaturated/α-hetero) is 1. The smallest absolute Gasteiger partial charge is 0.227 e. The lowest BCUT2D eigenvalue weighted by Crippen LogP contribution is -2.50. The van der Waals surface area contributed by atoms with Crippen molar-refractivity contribution in [2.45, 2.75) is 20.3 Å². The van der Waals surface area contributed by atoms with Crippen molar-refractivity contribution in [3.05, 3.63) is 45.4 Å². The maximum atomic E-state index is 12.6. The molecule has 0 atom stereocenters. The van der Waals surface area contributed by atoms with Crippen LogP contribution in [0.1, 0.15) is 26.6 Å². The molecule has 0 spiro atoms. The van der Waals surface area contributed by atoms with Crippen LogP contribution in [0.5, 0.6) is 0 Å². The predicted molar refractivity (Wildman–Crippen MR) is 100 cm³/mol. The third-order valence-corrected chi connectivity index (χ3v) is 5.95. The van der Waals surface area contributed by atoms with Gasteiger partial charge in [-0.15, -0.1) is 11.3 Å². The van der Waals surface area contributed by atoms with Crippen molar-refractivity contribution in [2.75, 3.05) is 32.7 Å². The molecular weight excluding hydrogens is 334 g/mol. The SMILES string of the molecule is Cc1cc(C(=O)CN2CCN(C(=O)Cc3cccs3)CC2)c(C)n1C. The minimum absolute atomic E-state index is 0.166. The number of ketones is 1. The molecule has 0 aromatic carbocycles.